The summed E-state index contributed by atoms with van der Waals surface area (Å²) in [4.78, 5) is 128. The first-order chi connectivity index (χ1) is 49.1. The highest BCUT2D eigenvalue weighted by atomic mass is 16.5. The monoisotopic (exact) mass is 1400 g/mol. The second-order valence-electron chi connectivity index (χ2n) is 27.2. The van der Waals surface area contributed by atoms with Crippen molar-refractivity contribution >= 4 is 53.1 Å². The number of carboxylic acid groups (broad SMARTS) is 3. The van der Waals surface area contributed by atoms with Crippen LogP contribution in [0.2, 0.25) is 0 Å². The molecule has 6 N–H and O–H groups in total. The van der Waals surface area contributed by atoms with E-state index in [9.17, 15) is 58.5 Å². The highest BCUT2D eigenvalue weighted by Crippen LogP contribution is 2.37. The number of hydrogen-bond donors (Lipinski definition) is 6. The highest BCUT2D eigenvalue weighted by molar-refractivity contribution is 6.02. The Hall–Kier alpha value is -11.2. The highest BCUT2D eigenvalue weighted by Gasteiger charge is 2.37. The number of aryl methyl sites for hydroxylation is 8. The van der Waals surface area contributed by atoms with E-state index in [0.717, 1.165) is 97.2 Å². The van der Waals surface area contributed by atoms with Crippen molar-refractivity contribution in [2.75, 3.05) is 24.6 Å². The molecule has 540 valence electrons. The smallest absolute Gasteiger partial charge is 0.305 e. The van der Waals surface area contributed by atoms with Gasteiger partial charge in [0.05, 0.1) is 43.1 Å². The largest absolute Gasteiger partial charge is 0.481 e. The van der Waals surface area contributed by atoms with Gasteiger partial charge >= 0.3 is 17.9 Å². The lowest BCUT2D eigenvalue weighted by atomic mass is 9.90. The number of piperidine rings is 1. The lowest BCUT2D eigenvalue weighted by molar-refractivity contribution is -0.145. The van der Waals surface area contributed by atoms with Crippen molar-refractivity contribution in [1.82, 2.24) is 40.4 Å². The maximum atomic E-state index is 13.7. The van der Waals surface area contributed by atoms with Gasteiger partial charge in [-0.05, 0) is 195 Å². The third kappa shape index (κ3) is 21.0. The minimum Gasteiger partial charge on any atom is -0.481 e. The van der Waals surface area contributed by atoms with Crippen LogP contribution in [0, 0.1) is 67.2 Å². The Morgan fingerprint density at radius 1 is 0.544 bits per heavy atom. The van der Waals surface area contributed by atoms with E-state index in [1.807, 2.05) is 141 Å². The zero-order chi connectivity index (χ0) is 74.8. The summed E-state index contributed by atoms with van der Waals surface area (Å²) >= 11 is 0. The lowest BCUT2D eigenvalue weighted by Crippen LogP contribution is -2.54. The summed E-state index contributed by atoms with van der Waals surface area (Å²) in [6.45, 7) is 21.9. The number of amides is 5. The summed E-state index contributed by atoms with van der Waals surface area (Å²) in [6.07, 6.45) is 14.5. The van der Waals surface area contributed by atoms with Gasteiger partial charge in [-0.3, -0.25) is 63.0 Å². The summed E-state index contributed by atoms with van der Waals surface area (Å²) in [6, 6.07) is 29.2. The zero-order valence-electron chi connectivity index (χ0n) is 60.4. The minimum atomic E-state index is -1.06. The average molecular weight is 1400 g/mol. The van der Waals surface area contributed by atoms with E-state index in [0.29, 0.717) is 53.4 Å². The van der Waals surface area contributed by atoms with Crippen molar-refractivity contribution in [1.29, 1.82) is 0 Å². The van der Waals surface area contributed by atoms with Crippen LogP contribution >= 0.6 is 0 Å². The Morgan fingerprint density at radius 2 is 0.971 bits per heavy atom. The molecule has 0 spiro atoms. The molecule has 6 heterocycles. The number of para-hydroxylation sites is 1. The van der Waals surface area contributed by atoms with Crippen LogP contribution in [0.15, 0.2) is 151 Å². The van der Waals surface area contributed by atoms with Gasteiger partial charge in [-0.1, -0.05) is 93.9 Å². The van der Waals surface area contributed by atoms with Gasteiger partial charge in [0.2, 0.25) is 23.6 Å². The molecule has 1 fully saturated rings. The summed E-state index contributed by atoms with van der Waals surface area (Å²) in [7, 11) is 0. The molecule has 5 amide bonds. The normalized spacial score (nSPS) is 14.4. The van der Waals surface area contributed by atoms with Crippen LogP contribution < -0.4 is 31.1 Å². The van der Waals surface area contributed by atoms with Gasteiger partial charge in [-0.15, -0.1) is 0 Å². The maximum absolute atomic E-state index is 13.7. The van der Waals surface area contributed by atoms with Gasteiger partial charge < -0.3 is 45.5 Å². The Balaban J connectivity index is 0.000000197. The quantitative estimate of drug-likeness (QED) is 0.0310. The summed E-state index contributed by atoms with van der Waals surface area (Å²) in [5, 5.41) is 37.1. The number of aromatic nitrogens is 4. The van der Waals surface area contributed by atoms with Crippen LogP contribution in [0.4, 0.5) is 5.69 Å². The van der Waals surface area contributed by atoms with Crippen molar-refractivity contribution in [3.8, 4) is 39.1 Å². The van der Waals surface area contributed by atoms with E-state index in [4.69, 9.17) is 4.74 Å². The maximum Gasteiger partial charge on any atom is 0.305 e. The van der Waals surface area contributed by atoms with Gasteiger partial charge in [0.1, 0.15) is 24.9 Å². The number of rotatable bonds is 25. The predicted molar refractivity (Wildman–Crippen MR) is 394 cm³/mol. The number of likely N-dealkylation sites (tertiary alicyclic amines) is 1. The first-order valence-electron chi connectivity index (χ1n) is 34.7. The molecule has 4 aromatic heterocycles. The molecule has 8 aromatic rings. The van der Waals surface area contributed by atoms with E-state index in [1.165, 1.54) is 15.5 Å². The van der Waals surface area contributed by atoms with Gasteiger partial charge in [-0.25, -0.2) is 0 Å². The molecule has 22 heteroatoms. The molecule has 0 bridgehead atoms. The molecule has 103 heavy (non-hydrogen) atoms. The molecule has 0 saturated carbocycles. The summed E-state index contributed by atoms with van der Waals surface area (Å²) in [5.41, 5.74) is 15.9. The lowest BCUT2D eigenvalue weighted by Gasteiger charge is -2.38. The molecular formula is C81H93N9O13. The number of hydrogen-bond acceptors (Lipinski definition) is 13. The second-order valence-corrected chi connectivity index (χ2v) is 27.2. The Labute approximate surface area is 601 Å². The third-order valence-corrected chi connectivity index (χ3v) is 18.4. The number of carboxylic acids is 3. The number of carbonyl (C=O) groups excluding carboxylic acids is 5. The number of aliphatic carboxylic acids is 3. The van der Waals surface area contributed by atoms with Crippen LogP contribution in [-0.2, 0) is 44.9 Å². The molecule has 0 aliphatic carbocycles. The van der Waals surface area contributed by atoms with Crippen LogP contribution in [0.25, 0.3) is 33.4 Å². The molecule has 22 nitrogen and oxygen atoms in total. The molecule has 1 unspecified atom stereocenters. The van der Waals surface area contributed by atoms with Gasteiger partial charge in [0.15, 0.2) is 6.61 Å². The number of anilines is 1. The topological polar surface area (TPSA) is 310 Å². The van der Waals surface area contributed by atoms with Gasteiger partial charge in [0, 0.05) is 79.1 Å². The minimum absolute atomic E-state index is 0.00151. The summed E-state index contributed by atoms with van der Waals surface area (Å²) < 4.78 is 6.83. The van der Waals surface area contributed by atoms with Crippen molar-refractivity contribution in [3.05, 3.63) is 218 Å². The number of ether oxygens (including phenoxy) is 1. The first kappa shape index (κ1) is 77.6. The molecule has 10 rings (SSSR count). The van der Waals surface area contributed by atoms with Crippen molar-refractivity contribution in [3.63, 3.8) is 0 Å². The molecular weight excluding hydrogens is 1310 g/mol. The Bertz CT molecular complexity index is 4430. The van der Waals surface area contributed by atoms with Crippen molar-refractivity contribution < 1.29 is 58.4 Å². The fourth-order valence-electron chi connectivity index (χ4n) is 13.5. The Kier molecular flexibility index (Phi) is 27.1. The van der Waals surface area contributed by atoms with Crippen LogP contribution in [-0.4, -0.2) is 113 Å². The first-order valence-corrected chi connectivity index (χ1v) is 34.7. The fourth-order valence-corrected chi connectivity index (χ4v) is 13.5. The van der Waals surface area contributed by atoms with Crippen molar-refractivity contribution in [2.45, 2.75) is 158 Å². The molecule has 2 aliphatic heterocycles. The molecule has 5 atom stereocenters. The van der Waals surface area contributed by atoms with Crippen molar-refractivity contribution in [2.24, 2.45) is 11.8 Å². The SMILES string of the molecule is CCCC1CCC(=O)N([C@H](CC(C)C)C(=O)N[C@@H](CC(=O)O)c2cncc(-c3c(C)cccc3C)c2)C1.Cc1cccc2c1OCC(=O)N2CC(=O)N[C@@H](CC(=O)O)c1cncc(-c2c(C)cccc2C)c1.Cc1ccn(CC(=O)N[C@@H](CC(=O)O)c2cncc(-c3c(C)cccc3C)c2)c(=O)c1. The van der Waals surface area contributed by atoms with Gasteiger partial charge in [-0.2, -0.15) is 0 Å². The van der Waals surface area contributed by atoms with E-state index in [-0.39, 0.29) is 68.2 Å². The van der Waals surface area contributed by atoms with Crippen LogP contribution in [0.3, 0.4) is 0 Å². The zero-order valence-corrected chi connectivity index (χ0v) is 60.4. The van der Waals surface area contributed by atoms with Gasteiger partial charge in [0.25, 0.3) is 11.5 Å². The van der Waals surface area contributed by atoms with E-state index < -0.39 is 53.9 Å². The molecule has 2 aliphatic rings. The Morgan fingerprint density at radius 3 is 1.40 bits per heavy atom. The third-order valence-electron chi connectivity index (χ3n) is 18.4. The number of fused-ring (bicyclic) bond motifs is 1. The number of benzene rings is 4. The number of carbonyl (C=O) groups is 8. The summed E-state index contributed by atoms with van der Waals surface area (Å²) in [5.74, 6) is -3.54. The fraction of sp³-hybridized carbons (Fsp3) is 0.358. The van der Waals surface area contributed by atoms with E-state index in [1.54, 1.807) is 73.4 Å². The molecule has 0 radical (unpaired) electrons. The molecule has 1 saturated heterocycles. The van der Waals surface area contributed by atoms with E-state index >= 15 is 0 Å². The second kappa shape index (κ2) is 35.9. The standard InChI is InChI=1S/C30H41N3O4.C27H27N3O5.C24H25N3O4/c1-6-8-22-11-12-27(34)33(18-22)26(13-19(2)3)30(37)32-25(15-28(35)36)23-14-24(17-31-16-23)29-20(4)9-7-10-21(29)5;1-16-6-4-7-17(2)26(16)20-10-19(12-28-13-20)21(11-25(33)34)29-23(31)14-30-22-9-5-8-18(3)27(22)35-15-24(30)32;1-15-7-8-27(22(29)9-15)14-21(28)26-20(11-23(30)31)18-10-19(13-25-12-18)24-16(2)5-4-6-17(24)3/h7,9-10,14,16-17,19,22,25-26H,6,8,11-13,15,18H2,1-5H3,(H,32,37)(H,35,36);4-10,12-13,21H,11,14-15H2,1-3H3,(H,29,31)(H,33,34);4-10,12-13,20H,11,14H2,1-3H3,(H,26,28)(H,30,31)/t22?,25-,26+;21-;20-/m000/s1. The number of nitrogens with zero attached hydrogens (tertiary/aromatic N) is 6. The predicted octanol–water partition coefficient (Wildman–Crippen LogP) is 12.4. The van der Waals surface area contributed by atoms with Crippen LogP contribution in [0.5, 0.6) is 5.75 Å². The number of pyridine rings is 4. The molecule has 4 aromatic carbocycles. The van der Waals surface area contributed by atoms with E-state index in [2.05, 4.69) is 37.8 Å². The number of nitrogens with one attached hydrogen (secondary N) is 3. The average Bonchev–Trinajstić information content (AvgIpc) is 0.806. The van der Waals surface area contributed by atoms with Crippen LogP contribution in [0.1, 0.15) is 151 Å².